The molecule has 0 bridgehead atoms. The molecule has 110 valence electrons. The first-order chi connectivity index (χ1) is 10.7. The van der Waals surface area contributed by atoms with Crippen LogP contribution in [0.3, 0.4) is 0 Å². The predicted octanol–water partition coefficient (Wildman–Crippen LogP) is 3.00. The SMILES string of the molecule is O=C(Nc1cn[nH]c1-c1ccccn1)c1c(F)cccc1F. The Bertz CT molecular complexity index is 797. The van der Waals surface area contributed by atoms with Gasteiger partial charge in [0, 0.05) is 6.20 Å². The third-order valence-corrected chi connectivity index (χ3v) is 3.00. The first-order valence-electron chi connectivity index (χ1n) is 6.37. The van der Waals surface area contributed by atoms with E-state index in [2.05, 4.69) is 20.5 Å². The van der Waals surface area contributed by atoms with E-state index in [-0.39, 0.29) is 5.69 Å². The smallest absolute Gasteiger partial charge is 0.261 e. The second-order valence-electron chi connectivity index (χ2n) is 4.42. The fourth-order valence-electron chi connectivity index (χ4n) is 1.99. The van der Waals surface area contributed by atoms with Crippen LogP contribution in [0.1, 0.15) is 10.4 Å². The van der Waals surface area contributed by atoms with Crippen LogP contribution in [-0.2, 0) is 0 Å². The molecule has 0 atom stereocenters. The number of hydrogen-bond acceptors (Lipinski definition) is 3. The normalized spacial score (nSPS) is 10.5. The average Bonchev–Trinajstić information content (AvgIpc) is 2.96. The van der Waals surface area contributed by atoms with Crippen molar-refractivity contribution in [2.45, 2.75) is 0 Å². The number of rotatable bonds is 3. The molecule has 5 nitrogen and oxygen atoms in total. The maximum atomic E-state index is 13.6. The Labute approximate surface area is 124 Å². The van der Waals surface area contributed by atoms with Crippen LogP contribution in [0.5, 0.6) is 0 Å². The third-order valence-electron chi connectivity index (χ3n) is 3.00. The molecule has 2 N–H and O–H groups in total. The highest BCUT2D eigenvalue weighted by Crippen LogP contribution is 2.24. The number of nitrogens with one attached hydrogen (secondary N) is 2. The van der Waals surface area contributed by atoms with Crippen molar-refractivity contribution >= 4 is 11.6 Å². The van der Waals surface area contributed by atoms with Crippen molar-refractivity contribution in [3.63, 3.8) is 0 Å². The Morgan fingerprint density at radius 2 is 1.86 bits per heavy atom. The number of carbonyl (C=O) groups is 1. The van der Waals surface area contributed by atoms with E-state index in [1.54, 1.807) is 24.4 Å². The van der Waals surface area contributed by atoms with Gasteiger partial charge in [0.2, 0.25) is 0 Å². The number of nitrogens with zero attached hydrogens (tertiary/aromatic N) is 2. The van der Waals surface area contributed by atoms with Crippen molar-refractivity contribution in [1.82, 2.24) is 15.2 Å². The fraction of sp³-hybridized carbons (Fsp3) is 0. The molecule has 1 amide bonds. The van der Waals surface area contributed by atoms with Gasteiger partial charge in [-0.15, -0.1) is 0 Å². The first-order valence-corrected chi connectivity index (χ1v) is 6.37. The quantitative estimate of drug-likeness (QED) is 0.781. The molecule has 7 heteroatoms. The summed E-state index contributed by atoms with van der Waals surface area (Å²) in [5.41, 5.74) is 0.636. The minimum Gasteiger partial charge on any atom is -0.319 e. The van der Waals surface area contributed by atoms with Gasteiger partial charge in [0.15, 0.2) is 0 Å². The molecule has 0 saturated carbocycles. The second kappa shape index (κ2) is 5.72. The average molecular weight is 300 g/mol. The van der Waals surface area contributed by atoms with Crippen molar-refractivity contribution in [1.29, 1.82) is 0 Å². The zero-order valence-electron chi connectivity index (χ0n) is 11.2. The van der Waals surface area contributed by atoms with Crippen LogP contribution < -0.4 is 5.32 Å². The Morgan fingerprint density at radius 1 is 1.09 bits per heavy atom. The summed E-state index contributed by atoms with van der Waals surface area (Å²) < 4.78 is 27.2. The Kier molecular flexibility index (Phi) is 3.61. The van der Waals surface area contributed by atoms with Crippen molar-refractivity contribution in [2.24, 2.45) is 0 Å². The Morgan fingerprint density at radius 3 is 2.55 bits per heavy atom. The van der Waals surface area contributed by atoms with Crippen LogP contribution in [0.25, 0.3) is 11.4 Å². The standard InChI is InChI=1S/C15H10F2N4O/c16-9-4-3-5-10(17)13(9)15(22)20-12-8-19-21-14(12)11-6-1-2-7-18-11/h1-8H,(H,19,21)(H,20,22). The van der Waals surface area contributed by atoms with Gasteiger partial charge >= 0.3 is 0 Å². The Hall–Kier alpha value is -3.09. The molecule has 0 aliphatic rings. The number of benzene rings is 1. The molecule has 0 radical (unpaired) electrons. The van der Waals surface area contributed by atoms with Gasteiger partial charge in [-0.3, -0.25) is 14.9 Å². The summed E-state index contributed by atoms with van der Waals surface area (Å²) in [4.78, 5) is 16.2. The Balaban J connectivity index is 1.92. The summed E-state index contributed by atoms with van der Waals surface area (Å²) in [6, 6.07) is 8.46. The molecule has 22 heavy (non-hydrogen) atoms. The minimum atomic E-state index is -0.930. The molecule has 0 fully saturated rings. The lowest BCUT2D eigenvalue weighted by atomic mass is 10.1. The summed E-state index contributed by atoms with van der Waals surface area (Å²) in [6.45, 7) is 0. The van der Waals surface area contributed by atoms with Crippen LogP contribution in [0.2, 0.25) is 0 Å². The van der Waals surface area contributed by atoms with Gasteiger partial charge in [0.05, 0.1) is 17.6 Å². The number of H-pyrrole nitrogens is 1. The molecule has 3 aromatic rings. The highest BCUT2D eigenvalue weighted by molar-refractivity contribution is 6.06. The van der Waals surface area contributed by atoms with E-state index >= 15 is 0 Å². The van der Waals surface area contributed by atoms with Crippen molar-refractivity contribution in [2.75, 3.05) is 5.32 Å². The van der Waals surface area contributed by atoms with Gasteiger partial charge in [0.1, 0.15) is 22.9 Å². The van der Waals surface area contributed by atoms with Crippen molar-refractivity contribution < 1.29 is 13.6 Å². The lowest BCUT2D eigenvalue weighted by Crippen LogP contribution is -2.16. The van der Waals surface area contributed by atoms with Gasteiger partial charge in [-0.2, -0.15) is 5.10 Å². The molecule has 2 aromatic heterocycles. The van der Waals surface area contributed by atoms with Gasteiger partial charge in [-0.05, 0) is 24.3 Å². The first kappa shape index (κ1) is 13.9. The number of halogens is 2. The van der Waals surface area contributed by atoms with E-state index in [0.717, 1.165) is 12.1 Å². The molecule has 3 rings (SSSR count). The molecular formula is C15H10F2N4O. The highest BCUT2D eigenvalue weighted by atomic mass is 19.1. The summed E-state index contributed by atoms with van der Waals surface area (Å²) >= 11 is 0. The lowest BCUT2D eigenvalue weighted by molar-refractivity contribution is 0.101. The van der Waals surface area contributed by atoms with E-state index in [9.17, 15) is 13.6 Å². The van der Waals surface area contributed by atoms with E-state index < -0.39 is 23.1 Å². The summed E-state index contributed by atoms with van der Waals surface area (Å²) in [5.74, 6) is -2.75. The van der Waals surface area contributed by atoms with E-state index in [1.807, 2.05) is 0 Å². The number of aromatic amines is 1. The van der Waals surface area contributed by atoms with E-state index in [4.69, 9.17) is 0 Å². The van der Waals surface area contributed by atoms with Gasteiger partial charge < -0.3 is 5.32 Å². The van der Waals surface area contributed by atoms with Gasteiger partial charge in [-0.25, -0.2) is 8.78 Å². The lowest BCUT2D eigenvalue weighted by Gasteiger charge is -2.07. The third kappa shape index (κ3) is 2.56. The van der Waals surface area contributed by atoms with Gasteiger partial charge in [-0.1, -0.05) is 12.1 Å². The second-order valence-corrected chi connectivity index (χ2v) is 4.42. The van der Waals surface area contributed by atoms with Crippen LogP contribution in [0.4, 0.5) is 14.5 Å². The molecule has 0 unspecified atom stereocenters. The number of pyridine rings is 1. The van der Waals surface area contributed by atoms with Crippen molar-refractivity contribution in [3.05, 3.63) is 66.0 Å². The van der Waals surface area contributed by atoms with Crippen LogP contribution in [0, 0.1) is 11.6 Å². The minimum absolute atomic E-state index is 0.284. The molecule has 1 aromatic carbocycles. The highest BCUT2D eigenvalue weighted by Gasteiger charge is 2.19. The van der Waals surface area contributed by atoms with E-state index in [0.29, 0.717) is 11.4 Å². The van der Waals surface area contributed by atoms with Crippen LogP contribution in [-0.4, -0.2) is 21.1 Å². The molecule has 2 heterocycles. The largest absolute Gasteiger partial charge is 0.319 e. The molecular weight excluding hydrogens is 290 g/mol. The zero-order chi connectivity index (χ0) is 15.5. The molecule has 0 spiro atoms. The van der Waals surface area contributed by atoms with E-state index in [1.165, 1.54) is 12.3 Å². The maximum Gasteiger partial charge on any atom is 0.261 e. The number of amides is 1. The topological polar surface area (TPSA) is 70.7 Å². The van der Waals surface area contributed by atoms with Crippen LogP contribution in [0.15, 0.2) is 48.8 Å². The summed E-state index contributed by atoms with van der Waals surface area (Å²) in [6.07, 6.45) is 2.93. The zero-order valence-corrected chi connectivity index (χ0v) is 11.2. The summed E-state index contributed by atoms with van der Waals surface area (Å²) in [5, 5.41) is 8.95. The van der Waals surface area contributed by atoms with Gasteiger partial charge in [0.25, 0.3) is 5.91 Å². The predicted molar refractivity (Wildman–Crippen MR) is 76.1 cm³/mol. The van der Waals surface area contributed by atoms with Crippen molar-refractivity contribution in [3.8, 4) is 11.4 Å². The fourth-order valence-corrected chi connectivity index (χ4v) is 1.99. The summed E-state index contributed by atoms with van der Waals surface area (Å²) in [7, 11) is 0. The maximum absolute atomic E-state index is 13.6. The molecule has 0 aliphatic heterocycles. The van der Waals surface area contributed by atoms with Crippen LogP contribution >= 0.6 is 0 Å². The number of hydrogen-bond donors (Lipinski definition) is 2. The number of carbonyl (C=O) groups excluding carboxylic acids is 1. The number of aromatic nitrogens is 3. The molecule has 0 saturated heterocycles. The number of anilines is 1. The monoisotopic (exact) mass is 300 g/mol. The molecule has 0 aliphatic carbocycles.